The van der Waals surface area contributed by atoms with Crippen molar-refractivity contribution in [1.29, 1.82) is 0 Å². The van der Waals surface area contributed by atoms with Crippen LogP contribution in [-0.2, 0) is 9.59 Å². The van der Waals surface area contributed by atoms with Gasteiger partial charge < -0.3 is 16.0 Å². The van der Waals surface area contributed by atoms with Crippen molar-refractivity contribution in [3.63, 3.8) is 0 Å². The Morgan fingerprint density at radius 2 is 1.89 bits per heavy atom. The number of nitrogens with one attached hydrogen (secondary N) is 1. The number of carbonyl (C=O) groups is 2. The fraction of sp³-hybridized carbons (Fsp3) is 0.769. The summed E-state index contributed by atoms with van der Waals surface area (Å²) in [6.07, 6.45) is 3.16. The Hall–Kier alpha value is -1.17. The molecule has 0 bridgehead atoms. The second kappa shape index (κ2) is 6.32. The molecule has 0 atom stereocenters. The summed E-state index contributed by atoms with van der Waals surface area (Å²) < 4.78 is 0. The van der Waals surface area contributed by atoms with Crippen LogP contribution in [0, 0.1) is 5.41 Å². The summed E-state index contributed by atoms with van der Waals surface area (Å²) in [4.78, 5) is 25.8. The van der Waals surface area contributed by atoms with Gasteiger partial charge in [-0.25, -0.2) is 0 Å². The average Bonchev–Trinajstić information content (AvgIpc) is 3.14. The zero-order valence-corrected chi connectivity index (χ0v) is 12.7. The summed E-state index contributed by atoms with van der Waals surface area (Å²) in [7, 11) is 1.62. The molecule has 3 N–H and O–H groups in total. The number of rotatable bonds is 7. The third-order valence-corrected chi connectivity index (χ3v) is 4.15. The number of nitrogens with two attached hydrogens (primary N) is 1. The minimum absolute atomic E-state index is 0.0553. The van der Waals surface area contributed by atoms with Gasteiger partial charge in [-0.15, -0.1) is 0 Å². The monoisotopic (exact) mass is 285 g/mol. The minimum Gasteiger partial charge on any atom is -0.392 e. The van der Waals surface area contributed by atoms with Crippen LogP contribution in [0.2, 0.25) is 0 Å². The summed E-state index contributed by atoms with van der Waals surface area (Å²) in [5.41, 5.74) is 4.91. The highest BCUT2D eigenvalue weighted by Crippen LogP contribution is 2.29. The van der Waals surface area contributed by atoms with Crippen LogP contribution in [0.3, 0.4) is 0 Å². The van der Waals surface area contributed by atoms with Crippen molar-refractivity contribution in [2.24, 2.45) is 11.1 Å². The topological polar surface area (TPSA) is 75.4 Å². The summed E-state index contributed by atoms with van der Waals surface area (Å²) in [5.74, 6) is -0.293. The molecule has 1 fully saturated rings. The lowest BCUT2D eigenvalue weighted by atomic mass is 9.81. The molecule has 108 valence electrons. The van der Waals surface area contributed by atoms with Crippen molar-refractivity contribution < 1.29 is 9.59 Å². The molecule has 1 aliphatic carbocycles. The van der Waals surface area contributed by atoms with Gasteiger partial charge in [0.15, 0.2) is 0 Å². The number of thiocarbonyl (C=S) groups is 1. The Morgan fingerprint density at radius 3 is 2.26 bits per heavy atom. The highest BCUT2D eigenvalue weighted by atomic mass is 32.1. The van der Waals surface area contributed by atoms with Crippen molar-refractivity contribution >= 4 is 29.0 Å². The first kappa shape index (κ1) is 15.9. The Labute approximate surface area is 119 Å². The van der Waals surface area contributed by atoms with E-state index in [1.165, 1.54) is 4.90 Å². The molecule has 0 aromatic heterocycles. The lowest BCUT2D eigenvalue weighted by Crippen LogP contribution is -2.51. The SMILES string of the molecule is CCC(CC)(C(=O)N(C)CC(=O)NC1CC1)C(N)=S. The van der Waals surface area contributed by atoms with Gasteiger partial charge in [0.25, 0.3) is 0 Å². The Kier molecular flexibility index (Phi) is 5.29. The predicted molar refractivity (Wildman–Crippen MR) is 78.6 cm³/mol. The standard InChI is InChI=1S/C13H23N3O2S/c1-4-13(5-2,11(14)19)12(18)16(3)8-10(17)15-9-6-7-9/h9H,4-8H2,1-3H3,(H2,14,19)(H,15,17). The molecule has 0 aromatic carbocycles. The fourth-order valence-electron chi connectivity index (χ4n) is 2.16. The van der Waals surface area contributed by atoms with Crippen molar-refractivity contribution in [2.75, 3.05) is 13.6 Å². The quantitative estimate of drug-likeness (QED) is 0.679. The molecule has 0 aliphatic heterocycles. The first-order chi connectivity index (χ1) is 8.87. The maximum absolute atomic E-state index is 12.5. The van der Waals surface area contributed by atoms with Crippen molar-refractivity contribution in [2.45, 2.75) is 45.6 Å². The second-order valence-electron chi connectivity index (χ2n) is 5.16. The van der Waals surface area contributed by atoms with Gasteiger partial charge in [-0.1, -0.05) is 26.1 Å². The fourth-order valence-corrected chi connectivity index (χ4v) is 2.54. The van der Waals surface area contributed by atoms with Crippen LogP contribution in [0.5, 0.6) is 0 Å². The Morgan fingerprint density at radius 1 is 1.37 bits per heavy atom. The predicted octanol–water partition coefficient (Wildman–Crippen LogP) is 0.816. The zero-order chi connectivity index (χ0) is 14.6. The number of hydrogen-bond acceptors (Lipinski definition) is 3. The molecule has 6 heteroatoms. The van der Waals surface area contributed by atoms with Crippen LogP contribution in [0.25, 0.3) is 0 Å². The van der Waals surface area contributed by atoms with E-state index in [2.05, 4.69) is 5.32 Å². The summed E-state index contributed by atoms with van der Waals surface area (Å²) in [5, 5.41) is 2.86. The van der Waals surface area contributed by atoms with Gasteiger partial charge >= 0.3 is 0 Å². The van der Waals surface area contributed by atoms with Crippen LogP contribution in [0.1, 0.15) is 39.5 Å². The van der Waals surface area contributed by atoms with E-state index in [1.807, 2.05) is 13.8 Å². The molecule has 0 radical (unpaired) electrons. The van der Waals surface area contributed by atoms with E-state index in [-0.39, 0.29) is 23.3 Å². The van der Waals surface area contributed by atoms with Gasteiger partial charge in [0, 0.05) is 13.1 Å². The van der Waals surface area contributed by atoms with E-state index in [0.29, 0.717) is 18.9 Å². The minimum atomic E-state index is -0.829. The molecule has 5 nitrogen and oxygen atoms in total. The number of hydrogen-bond donors (Lipinski definition) is 2. The normalized spacial score (nSPS) is 14.9. The van der Waals surface area contributed by atoms with Gasteiger partial charge in [0.1, 0.15) is 0 Å². The molecule has 0 aromatic rings. The zero-order valence-electron chi connectivity index (χ0n) is 11.9. The Bertz CT molecular complexity index is 376. The number of amides is 2. The molecule has 0 spiro atoms. The largest absolute Gasteiger partial charge is 0.392 e. The van der Waals surface area contributed by atoms with Crippen LogP contribution >= 0.6 is 12.2 Å². The summed E-state index contributed by atoms with van der Waals surface area (Å²) >= 11 is 5.05. The maximum atomic E-state index is 12.5. The third kappa shape index (κ3) is 3.65. The lowest BCUT2D eigenvalue weighted by molar-refractivity contribution is -0.140. The molecule has 0 saturated heterocycles. The van der Waals surface area contributed by atoms with Crippen LogP contribution in [0.15, 0.2) is 0 Å². The van der Waals surface area contributed by atoms with Gasteiger partial charge in [-0.05, 0) is 25.7 Å². The van der Waals surface area contributed by atoms with Crippen molar-refractivity contribution in [1.82, 2.24) is 10.2 Å². The molecular formula is C13H23N3O2S. The molecule has 2 amide bonds. The van der Waals surface area contributed by atoms with Gasteiger partial charge in [0.2, 0.25) is 11.8 Å². The average molecular weight is 285 g/mol. The van der Waals surface area contributed by atoms with Crippen molar-refractivity contribution in [3.05, 3.63) is 0 Å². The van der Waals surface area contributed by atoms with Crippen LogP contribution in [-0.4, -0.2) is 41.3 Å². The first-order valence-electron chi connectivity index (χ1n) is 6.72. The van der Waals surface area contributed by atoms with E-state index < -0.39 is 5.41 Å². The molecular weight excluding hydrogens is 262 g/mol. The first-order valence-corrected chi connectivity index (χ1v) is 7.13. The molecule has 19 heavy (non-hydrogen) atoms. The second-order valence-corrected chi connectivity index (χ2v) is 5.60. The molecule has 1 saturated carbocycles. The molecule has 0 unspecified atom stereocenters. The maximum Gasteiger partial charge on any atom is 0.239 e. The number of likely N-dealkylation sites (N-methyl/N-ethyl adjacent to an activating group) is 1. The highest BCUT2D eigenvalue weighted by Gasteiger charge is 2.40. The Balaban J connectivity index is 2.67. The third-order valence-electron chi connectivity index (χ3n) is 3.76. The van der Waals surface area contributed by atoms with Crippen LogP contribution < -0.4 is 11.1 Å². The summed E-state index contributed by atoms with van der Waals surface area (Å²) in [6.45, 7) is 3.83. The lowest BCUT2D eigenvalue weighted by Gasteiger charge is -2.33. The van der Waals surface area contributed by atoms with E-state index in [1.54, 1.807) is 7.05 Å². The van der Waals surface area contributed by atoms with E-state index >= 15 is 0 Å². The summed E-state index contributed by atoms with van der Waals surface area (Å²) in [6, 6.07) is 0.300. The smallest absolute Gasteiger partial charge is 0.239 e. The molecule has 1 aliphatic rings. The van der Waals surface area contributed by atoms with E-state index in [0.717, 1.165) is 12.8 Å². The van der Waals surface area contributed by atoms with Gasteiger partial charge in [0.05, 0.1) is 16.9 Å². The number of nitrogens with zero attached hydrogens (tertiary/aromatic N) is 1. The van der Waals surface area contributed by atoms with Crippen LogP contribution in [0.4, 0.5) is 0 Å². The highest BCUT2D eigenvalue weighted by molar-refractivity contribution is 7.80. The van der Waals surface area contributed by atoms with Gasteiger partial charge in [-0.3, -0.25) is 9.59 Å². The van der Waals surface area contributed by atoms with E-state index in [4.69, 9.17) is 18.0 Å². The van der Waals surface area contributed by atoms with E-state index in [9.17, 15) is 9.59 Å². The molecule has 1 rings (SSSR count). The number of carbonyl (C=O) groups excluding carboxylic acids is 2. The van der Waals surface area contributed by atoms with Gasteiger partial charge in [-0.2, -0.15) is 0 Å². The molecule has 0 heterocycles. The van der Waals surface area contributed by atoms with Crippen molar-refractivity contribution in [3.8, 4) is 0 Å².